The van der Waals surface area contributed by atoms with Crippen LogP contribution in [-0.4, -0.2) is 54.7 Å². The second-order valence-electron chi connectivity index (χ2n) is 8.50. The normalized spacial score (nSPS) is 28.0. The van der Waals surface area contributed by atoms with Gasteiger partial charge in [-0.15, -0.1) is 0 Å². The van der Waals surface area contributed by atoms with Crippen LogP contribution in [0.15, 0.2) is 0 Å². The van der Waals surface area contributed by atoms with Crippen LogP contribution in [-0.2, 0) is 18.8 Å². The molecule has 0 radical (unpaired) electrons. The topological polar surface area (TPSA) is 83.9 Å². The molecule has 3 unspecified atom stereocenters. The van der Waals surface area contributed by atoms with Crippen molar-refractivity contribution < 1.29 is 23.9 Å². The van der Waals surface area contributed by atoms with Crippen molar-refractivity contribution in [3.8, 4) is 0 Å². The van der Waals surface area contributed by atoms with Crippen LogP contribution in [0.2, 0.25) is 18.1 Å². The smallest absolute Gasteiger partial charge is 0.326 e. The monoisotopic (exact) mass is 355 g/mol. The van der Waals surface area contributed by atoms with Gasteiger partial charge in [-0.1, -0.05) is 20.8 Å². The molecule has 6 nitrogen and oxygen atoms in total. The minimum absolute atomic E-state index is 0.0224. The van der Waals surface area contributed by atoms with Gasteiger partial charge < -0.3 is 19.2 Å². The number of carbonyl (C=O) groups excluding carboxylic acids is 2. The maximum atomic E-state index is 12.6. The number of rotatable bonds is 6. The van der Waals surface area contributed by atoms with E-state index in [9.17, 15) is 19.5 Å². The van der Waals surface area contributed by atoms with Crippen LogP contribution in [0, 0.1) is 5.92 Å². The van der Waals surface area contributed by atoms with Gasteiger partial charge in [-0.05, 0) is 31.0 Å². The molecule has 0 aromatic rings. The molecule has 1 amide bonds. The van der Waals surface area contributed by atoms with E-state index in [0.29, 0.717) is 0 Å². The first-order chi connectivity index (χ1) is 11.0. The number of aliphatic carboxylic acids is 1. The summed E-state index contributed by atoms with van der Waals surface area (Å²) in [6, 6.07) is -1.36. The van der Waals surface area contributed by atoms with E-state index in [2.05, 4.69) is 33.9 Å². The second kappa shape index (κ2) is 6.59. The fourth-order valence-corrected chi connectivity index (χ4v) is 4.39. The van der Waals surface area contributed by atoms with Crippen LogP contribution in [0.25, 0.3) is 0 Å². The number of carboxylic acids is 1. The van der Waals surface area contributed by atoms with Crippen molar-refractivity contribution in [1.29, 1.82) is 0 Å². The van der Waals surface area contributed by atoms with Crippen LogP contribution in [0.5, 0.6) is 0 Å². The quantitative estimate of drug-likeness (QED) is 0.584. The van der Waals surface area contributed by atoms with E-state index in [-0.39, 0.29) is 35.8 Å². The average Bonchev–Trinajstić information content (AvgIpc) is 3.22. The molecule has 2 rings (SSSR count). The third-order valence-corrected chi connectivity index (χ3v) is 10.1. The Morgan fingerprint density at radius 1 is 1.29 bits per heavy atom. The number of aldehydes is 1. The summed E-state index contributed by atoms with van der Waals surface area (Å²) in [5.41, 5.74) is 0. The van der Waals surface area contributed by atoms with Crippen LogP contribution < -0.4 is 0 Å². The molecule has 2 aliphatic rings. The van der Waals surface area contributed by atoms with Crippen LogP contribution in [0.4, 0.5) is 0 Å². The molecule has 0 bridgehead atoms. The van der Waals surface area contributed by atoms with Gasteiger partial charge in [-0.25, -0.2) is 4.79 Å². The van der Waals surface area contributed by atoms with E-state index in [1.54, 1.807) is 0 Å². The Labute approximate surface area is 144 Å². The molecule has 1 aliphatic heterocycles. The molecule has 1 heterocycles. The molecular formula is C17H29NO5Si. The first-order valence-corrected chi connectivity index (χ1v) is 11.6. The highest BCUT2D eigenvalue weighted by molar-refractivity contribution is 6.74. The summed E-state index contributed by atoms with van der Waals surface area (Å²) in [7, 11) is -2.13. The lowest BCUT2D eigenvalue weighted by Gasteiger charge is -2.40. The van der Waals surface area contributed by atoms with Crippen molar-refractivity contribution in [3.05, 3.63) is 0 Å². The van der Waals surface area contributed by atoms with Crippen molar-refractivity contribution in [2.75, 3.05) is 0 Å². The van der Waals surface area contributed by atoms with Gasteiger partial charge in [0.2, 0.25) is 5.91 Å². The number of carboxylic acid groups (broad SMARTS) is 1. The third-order valence-electron chi connectivity index (χ3n) is 5.63. The van der Waals surface area contributed by atoms with E-state index in [4.69, 9.17) is 4.43 Å². The number of likely N-dealkylation sites (tertiary alicyclic amines) is 1. The van der Waals surface area contributed by atoms with Crippen LogP contribution >= 0.6 is 0 Å². The van der Waals surface area contributed by atoms with Gasteiger partial charge in [-0.2, -0.15) is 0 Å². The molecule has 136 valence electrons. The van der Waals surface area contributed by atoms with E-state index in [1.807, 2.05) is 0 Å². The molecule has 1 saturated carbocycles. The number of carbonyl (C=O) groups is 3. The van der Waals surface area contributed by atoms with E-state index >= 15 is 0 Å². The van der Waals surface area contributed by atoms with Gasteiger partial charge in [0, 0.05) is 18.8 Å². The molecule has 1 N–H and O–H groups in total. The molecule has 0 aromatic carbocycles. The highest BCUT2D eigenvalue weighted by Crippen LogP contribution is 2.42. The predicted molar refractivity (Wildman–Crippen MR) is 92.1 cm³/mol. The van der Waals surface area contributed by atoms with Crippen molar-refractivity contribution in [2.45, 2.75) is 82.8 Å². The minimum atomic E-state index is -2.13. The lowest BCUT2D eigenvalue weighted by Crippen LogP contribution is -2.50. The second-order valence-corrected chi connectivity index (χ2v) is 13.3. The first kappa shape index (κ1) is 19.1. The van der Waals surface area contributed by atoms with Gasteiger partial charge in [0.25, 0.3) is 0 Å². The first-order valence-electron chi connectivity index (χ1n) is 8.66. The van der Waals surface area contributed by atoms with Gasteiger partial charge in [-0.3, -0.25) is 4.79 Å². The zero-order chi connectivity index (χ0) is 18.3. The van der Waals surface area contributed by atoms with Crippen molar-refractivity contribution >= 4 is 26.5 Å². The Morgan fingerprint density at radius 2 is 1.88 bits per heavy atom. The molecular weight excluding hydrogens is 326 g/mol. The van der Waals surface area contributed by atoms with E-state index in [0.717, 1.165) is 19.1 Å². The summed E-state index contributed by atoms with van der Waals surface area (Å²) >= 11 is 0. The minimum Gasteiger partial charge on any atom is -0.480 e. The molecule has 3 atom stereocenters. The summed E-state index contributed by atoms with van der Waals surface area (Å²) < 4.78 is 6.41. The maximum absolute atomic E-state index is 12.6. The summed E-state index contributed by atoms with van der Waals surface area (Å²) in [5.74, 6) is -1.22. The lowest BCUT2D eigenvalue weighted by atomic mass is 10.1. The molecule has 2 fully saturated rings. The highest BCUT2D eigenvalue weighted by atomic mass is 28.4. The van der Waals surface area contributed by atoms with Crippen LogP contribution in [0.1, 0.15) is 46.5 Å². The summed E-state index contributed by atoms with van der Waals surface area (Å²) in [6.07, 6.45) is 2.39. The van der Waals surface area contributed by atoms with E-state index < -0.39 is 26.4 Å². The van der Waals surface area contributed by atoms with Gasteiger partial charge in [0.1, 0.15) is 12.3 Å². The molecule has 24 heavy (non-hydrogen) atoms. The standard InChI is InChI=1S/C17H29NO5Si/c1-17(2,3)24(4,5)23-14-10-13(16(21)22)18(12(14)8-9-19)15(20)11-6-7-11/h9,11-14H,6-8,10H2,1-5H3,(H,21,22). The van der Waals surface area contributed by atoms with Crippen molar-refractivity contribution in [1.82, 2.24) is 4.90 Å². The molecule has 0 aromatic heterocycles. The summed E-state index contributed by atoms with van der Waals surface area (Å²) in [4.78, 5) is 36.9. The fourth-order valence-electron chi connectivity index (χ4n) is 3.02. The molecule has 1 aliphatic carbocycles. The number of hydrogen-bond donors (Lipinski definition) is 1. The maximum Gasteiger partial charge on any atom is 0.326 e. The Hall–Kier alpha value is -1.21. The molecule has 0 spiro atoms. The predicted octanol–water partition coefficient (Wildman–Crippen LogP) is 2.43. The molecule has 1 saturated heterocycles. The lowest BCUT2D eigenvalue weighted by molar-refractivity contribution is -0.150. The SMILES string of the molecule is CC(C)(C)[Si](C)(C)OC1CC(C(=O)O)N(C(=O)C2CC2)C1CC=O. The van der Waals surface area contributed by atoms with E-state index in [1.165, 1.54) is 4.90 Å². The molecule has 7 heteroatoms. The van der Waals surface area contributed by atoms with Crippen LogP contribution in [0.3, 0.4) is 0 Å². The Balaban J connectivity index is 2.28. The van der Waals surface area contributed by atoms with Crippen molar-refractivity contribution in [3.63, 3.8) is 0 Å². The summed E-state index contributed by atoms with van der Waals surface area (Å²) in [6.45, 7) is 10.6. The largest absolute Gasteiger partial charge is 0.480 e. The van der Waals surface area contributed by atoms with Crippen molar-refractivity contribution in [2.24, 2.45) is 5.92 Å². The zero-order valence-corrected chi connectivity index (χ0v) is 16.2. The Morgan fingerprint density at radius 3 is 2.29 bits per heavy atom. The van der Waals surface area contributed by atoms with Gasteiger partial charge in [0.05, 0.1) is 12.1 Å². The number of amides is 1. The Bertz CT molecular complexity index is 524. The third kappa shape index (κ3) is 3.72. The summed E-state index contributed by atoms with van der Waals surface area (Å²) in [5, 5.41) is 9.55. The number of hydrogen-bond acceptors (Lipinski definition) is 4. The Kier molecular flexibility index (Phi) is 5.25. The fraction of sp³-hybridized carbons (Fsp3) is 0.824. The van der Waals surface area contributed by atoms with Gasteiger partial charge >= 0.3 is 5.97 Å². The average molecular weight is 356 g/mol. The highest BCUT2D eigenvalue weighted by Gasteiger charge is 2.52. The number of nitrogens with zero attached hydrogens (tertiary/aromatic N) is 1. The zero-order valence-electron chi connectivity index (χ0n) is 15.2. The van der Waals surface area contributed by atoms with Gasteiger partial charge in [0.15, 0.2) is 8.32 Å².